The number of rotatable bonds is 4. The molecule has 1 N–H and O–H groups in total. The Kier molecular flexibility index (Phi) is 2.98. The lowest BCUT2D eigenvalue weighted by atomic mass is 9.86. The summed E-state index contributed by atoms with van der Waals surface area (Å²) in [5, 5.41) is 8.42. The molecular weight excluding hydrogens is 272 g/mol. The van der Waals surface area contributed by atoms with Gasteiger partial charge in [-0.05, 0) is 43.4 Å². The van der Waals surface area contributed by atoms with E-state index in [1.54, 1.807) is 0 Å². The van der Waals surface area contributed by atoms with E-state index in [1.807, 2.05) is 0 Å². The summed E-state index contributed by atoms with van der Waals surface area (Å²) >= 11 is 1.44. The lowest BCUT2D eigenvalue weighted by Crippen LogP contribution is -2.15. The van der Waals surface area contributed by atoms with Crippen LogP contribution in [-0.2, 0) is 0 Å². The topological polar surface area (TPSA) is 59.3 Å². The van der Waals surface area contributed by atoms with Crippen molar-refractivity contribution in [2.24, 2.45) is 17.8 Å². The summed E-state index contributed by atoms with van der Waals surface area (Å²) in [6.07, 6.45) is 8.55. The van der Waals surface area contributed by atoms with Gasteiger partial charge in [-0.25, -0.2) is 4.98 Å². The Morgan fingerprint density at radius 2 is 2.35 bits per heavy atom. The third-order valence-corrected chi connectivity index (χ3v) is 5.73. The van der Waals surface area contributed by atoms with Crippen molar-refractivity contribution in [1.82, 2.24) is 14.6 Å². The Labute approximate surface area is 121 Å². The third-order valence-electron chi connectivity index (χ3n) is 4.85. The first-order chi connectivity index (χ1) is 9.79. The van der Waals surface area contributed by atoms with Gasteiger partial charge in [-0.3, -0.25) is 4.79 Å². The number of aromatic nitrogens is 3. The first kappa shape index (κ1) is 12.3. The molecule has 2 aromatic heterocycles. The van der Waals surface area contributed by atoms with Crippen LogP contribution in [0.4, 0.5) is 5.13 Å². The predicted molar refractivity (Wildman–Crippen MR) is 79.2 cm³/mol. The van der Waals surface area contributed by atoms with Gasteiger partial charge in [-0.1, -0.05) is 17.8 Å². The van der Waals surface area contributed by atoms with Gasteiger partial charge in [0, 0.05) is 18.8 Å². The minimum absolute atomic E-state index is 0.118. The zero-order valence-electron chi connectivity index (χ0n) is 11.3. The van der Waals surface area contributed by atoms with E-state index in [-0.39, 0.29) is 5.56 Å². The molecule has 0 aromatic carbocycles. The van der Waals surface area contributed by atoms with E-state index in [9.17, 15) is 4.79 Å². The number of hydrogen-bond donors (Lipinski definition) is 1. The van der Waals surface area contributed by atoms with E-state index in [0.29, 0.717) is 4.96 Å². The van der Waals surface area contributed by atoms with E-state index in [1.165, 1.54) is 60.2 Å². The summed E-state index contributed by atoms with van der Waals surface area (Å²) in [7, 11) is 0. The maximum atomic E-state index is 11.6. The van der Waals surface area contributed by atoms with Gasteiger partial charge in [-0.2, -0.15) is 4.52 Å². The first-order valence-electron chi connectivity index (χ1n) is 7.38. The molecule has 2 aliphatic rings. The largest absolute Gasteiger partial charge is 0.360 e. The van der Waals surface area contributed by atoms with E-state index in [4.69, 9.17) is 0 Å². The highest BCUT2D eigenvalue weighted by molar-refractivity contribution is 7.20. The lowest BCUT2D eigenvalue weighted by molar-refractivity contribution is 0.321. The second-order valence-electron chi connectivity index (χ2n) is 6.04. The Morgan fingerprint density at radius 1 is 1.40 bits per heavy atom. The standard InChI is InChI=1S/C14H18N4OS/c19-12-4-6-16-14-18(12)17-13(20-14)15-5-3-11-8-9-1-2-10(11)7-9/h4,6,9-11H,1-3,5,7-8H2,(H,15,17)/t9-,10-,11+/m0/s1. The zero-order valence-corrected chi connectivity index (χ0v) is 12.1. The minimum Gasteiger partial charge on any atom is -0.360 e. The van der Waals surface area contributed by atoms with Crippen LogP contribution in [0.1, 0.15) is 32.1 Å². The average Bonchev–Trinajstić information content (AvgIpc) is 3.13. The van der Waals surface area contributed by atoms with Crippen molar-refractivity contribution in [3.63, 3.8) is 0 Å². The summed E-state index contributed by atoms with van der Waals surface area (Å²) in [6, 6.07) is 1.44. The van der Waals surface area contributed by atoms with E-state index >= 15 is 0 Å². The monoisotopic (exact) mass is 290 g/mol. The molecule has 0 amide bonds. The predicted octanol–water partition coefficient (Wildman–Crippen LogP) is 2.39. The molecule has 2 fully saturated rings. The fraction of sp³-hybridized carbons (Fsp3) is 0.643. The fourth-order valence-electron chi connectivity index (χ4n) is 3.91. The summed E-state index contributed by atoms with van der Waals surface area (Å²) in [5.41, 5.74) is -0.118. The minimum atomic E-state index is -0.118. The summed E-state index contributed by atoms with van der Waals surface area (Å²) < 4.78 is 1.37. The second kappa shape index (κ2) is 4.84. The van der Waals surface area contributed by atoms with Gasteiger partial charge in [0.15, 0.2) is 0 Å². The highest BCUT2D eigenvalue weighted by atomic mass is 32.1. The van der Waals surface area contributed by atoms with Gasteiger partial charge in [0.2, 0.25) is 10.1 Å². The fourth-order valence-corrected chi connectivity index (χ4v) is 4.71. The van der Waals surface area contributed by atoms with Crippen LogP contribution in [-0.4, -0.2) is 21.1 Å². The van der Waals surface area contributed by atoms with Gasteiger partial charge in [0.05, 0.1) is 0 Å². The number of nitrogens with zero attached hydrogens (tertiary/aromatic N) is 3. The third kappa shape index (κ3) is 2.12. The van der Waals surface area contributed by atoms with Crippen molar-refractivity contribution in [2.45, 2.75) is 32.1 Å². The molecule has 0 aliphatic heterocycles. The number of nitrogens with one attached hydrogen (secondary N) is 1. The lowest BCUT2D eigenvalue weighted by Gasteiger charge is -2.21. The molecule has 4 rings (SSSR count). The van der Waals surface area contributed by atoms with Crippen molar-refractivity contribution in [3.05, 3.63) is 22.6 Å². The second-order valence-corrected chi connectivity index (χ2v) is 6.99. The summed E-state index contributed by atoms with van der Waals surface area (Å²) in [4.78, 5) is 16.4. The number of fused-ring (bicyclic) bond motifs is 3. The first-order valence-corrected chi connectivity index (χ1v) is 8.20. The van der Waals surface area contributed by atoms with Gasteiger partial charge >= 0.3 is 0 Å². The van der Waals surface area contributed by atoms with Crippen molar-refractivity contribution in [3.8, 4) is 0 Å². The Hall–Kier alpha value is -1.43. The number of anilines is 1. The van der Waals surface area contributed by atoms with Crippen molar-refractivity contribution in [2.75, 3.05) is 11.9 Å². The molecule has 106 valence electrons. The highest BCUT2D eigenvalue weighted by Gasteiger charge is 2.38. The van der Waals surface area contributed by atoms with Gasteiger partial charge in [0.1, 0.15) is 0 Å². The molecule has 20 heavy (non-hydrogen) atoms. The van der Waals surface area contributed by atoms with E-state index in [2.05, 4.69) is 15.4 Å². The molecule has 2 saturated carbocycles. The van der Waals surface area contributed by atoms with Crippen LogP contribution in [0.25, 0.3) is 4.96 Å². The van der Waals surface area contributed by atoms with Crippen LogP contribution in [0.2, 0.25) is 0 Å². The summed E-state index contributed by atoms with van der Waals surface area (Å²) in [6.45, 7) is 0.947. The van der Waals surface area contributed by atoms with Crippen LogP contribution < -0.4 is 10.9 Å². The summed E-state index contributed by atoms with van der Waals surface area (Å²) in [5.74, 6) is 2.88. The van der Waals surface area contributed by atoms with Crippen molar-refractivity contribution in [1.29, 1.82) is 0 Å². The average molecular weight is 290 g/mol. The molecular formula is C14H18N4OS. The Balaban J connectivity index is 1.39. The van der Waals surface area contributed by atoms with Gasteiger partial charge in [0.25, 0.3) is 5.56 Å². The Morgan fingerprint density at radius 3 is 3.10 bits per heavy atom. The highest BCUT2D eigenvalue weighted by Crippen LogP contribution is 2.49. The van der Waals surface area contributed by atoms with Crippen molar-refractivity contribution >= 4 is 21.4 Å². The molecule has 0 unspecified atom stereocenters. The maximum Gasteiger partial charge on any atom is 0.275 e. The molecule has 0 spiro atoms. The molecule has 2 bridgehead atoms. The molecule has 5 nitrogen and oxygen atoms in total. The van der Waals surface area contributed by atoms with Crippen LogP contribution in [0.15, 0.2) is 17.1 Å². The van der Waals surface area contributed by atoms with E-state index in [0.717, 1.165) is 29.4 Å². The maximum absolute atomic E-state index is 11.6. The van der Waals surface area contributed by atoms with Crippen LogP contribution in [0.5, 0.6) is 0 Å². The molecule has 2 aromatic rings. The molecule has 3 atom stereocenters. The van der Waals surface area contributed by atoms with Crippen LogP contribution in [0.3, 0.4) is 0 Å². The molecule has 0 saturated heterocycles. The van der Waals surface area contributed by atoms with E-state index < -0.39 is 0 Å². The molecule has 0 radical (unpaired) electrons. The van der Waals surface area contributed by atoms with Gasteiger partial charge in [-0.15, -0.1) is 5.10 Å². The van der Waals surface area contributed by atoms with Crippen LogP contribution in [0, 0.1) is 17.8 Å². The molecule has 2 aliphatic carbocycles. The van der Waals surface area contributed by atoms with Crippen LogP contribution >= 0.6 is 11.3 Å². The Bertz CT molecular complexity index is 679. The van der Waals surface area contributed by atoms with Gasteiger partial charge < -0.3 is 5.32 Å². The zero-order chi connectivity index (χ0) is 13.5. The SMILES string of the molecule is O=c1ccnc2sc(NCC[C@@H]3C[C@H]4CC[C@H]3C4)nn12. The number of hydrogen-bond acceptors (Lipinski definition) is 5. The molecule has 2 heterocycles. The normalized spacial score (nSPS) is 28.3. The quantitative estimate of drug-likeness (QED) is 0.939. The molecule has 6 heteroatoms. The smallest absolute Gasteiger partial charge is 0.275 e. The van der Waals surface area contributed by atoms with Crippen molar-refractivity contribution < 1.29 is 0 Å².